The average Bonchev–Trinajstić information content (AvgIpc) is 3.05. The summed E-state index contributed by atoms with van der Waals surface area (Å²) in [5.74, 6) is 0.124. The zero-order valence-corrected chi connectivity index (χ0v) is 13.3. The first-order valence-corrected chi connectivity index (χ1v) is 8.11. The maximum absolute atomic E-state index is 12.5. The first-order chi connectivity index (χ1) is 11.2. The van der Waals surface area contributed by atoms with Gasteiger partial charge in [0.2, 0.25) is 5.91 Å². The lowest BCUT2D eigenvalue weighted by atomic mass is 9.99. The minimum absolute atomic E-state index is 0.00730. The normalized spacial score (nSPS) is 23.3. The molecule has 0 spiro atoms. The fraction of sp³-hybridized carbons (Fsp3) is 0.438. The van der Waals surface area contributed by atoms with Crippen LogP contribution in [0.1, 0.15) is 23.7 Å². The molecule has 23 heavy (non-hydrogen) atoms. The molecule has 7 heteroatoms. The second-order valence-electron chi connectivity index (χ2n) is 6.02. The average molecular weight is 333 g/mol. The van der Waals surface area contributed by atoms with Gasteiger partial charge in [0.25, 0.3) is 0 Å². The number of hydrogen-bond donors (Lipinski definition) is 0. The number of likely N-dealkylation sites (tertiary alicyclic amines) is 1. The van der Waals surface area contributed by atoms with Gasteiger partial charge in [0.15, 0.2) is 0 Å². The van der Waals surface area contributed by atoms with Crippen LogP contribution in [-0.2, 0) is 22.6 Å². The maximum atomic E-state index is 12.5. The molecule has 0 radical (unpaired) electrons. The lowest BCUT2D eigenvalue weighted by Gasteiger charge is -2.41. The molecular formula is C16H17ClN4O2. The Hall–Kier alpha value is -1.92. The van der Waals surface area contributed by atoms with Gasteiger partial charge in [-0.05, 0) is 24.1 Å². The third kappa shape index (κ3) is 2.84. The van der Waals surface area contributed by atoms with E-state index in [2.05, 4.69) is 10.3 Å². The van der Waals surface area contributed by atoms with E-state index in [1.165, 1.54) is 0 Å². The fourth-order valence-corrected chi connectivity index (χ4v) is 3.43. The van der Waals surface area contributed by atoms with Gasteiger partial charge in [-0.1, -0.05) is 28.9 Å². The summed E-state index contributed by atoms with van der Waals surface area (Å²) in [6, 6.07) is 7.60. The molecule has 120 valence electrons. The molecular weight excluding hydrogens is 316 g/mol. The monoisotopic (exact) mass is 332 g/mol. The molecule has 0 bridgehead atoms. The topological polar surface area (TPSA) is 60.3 Å². The Labute approximate surface area is 139 Å². The van der Waals surface area contributed by atoms with Crippen LogP contribution < -0.4 is 0 Å². The van der Waals surface area contributed by atoms with E-state index in [9.17, 15) is 4.79 Å². The van der Waals surface area contributed by atoms with E-state index in [1.807, 2.05) is 33.8 Å². The number of halogens is 1. The number of fused-ring (bicyclic) bond motifs is 3. The van der Waals surface area contributed by atoms with Crippen molar-refractivity contribution in [3.8, 4) is 0 Å². The molecule has 0 saturated carbocycles. The van der Waals surface area contributed by atoms with Crippen LogP contribution in [0.5, 0.6) is 0 Å². The lowest BCUT2D eigenvalue weighted by molar-refractivity contribution is -0.138. The highest BCUT2D eigenvalue weighted by atomic mass is 35.5. The van der Waals surface area contributed by atoms with E-state index in [4.69, 9.17) is 16.3 Å². The van der Waals surface area contributed by atoms with Crippen LogP contribution in [-0.4, -0.2) is 45.0 Å². The molecule has 0 N–H and O–H groups in total. The SMILES string of the molecule is O=C(Cc1ccc(Cl)cc1)N1CC[C@H]2[C@H](C1)OCc1cnnn12. The number of rotatable bonds is 2. The number of carbonyl (C=O) groups is 1. The maximum Gasteiger partial charge on any atom is 0.227 e. The second-order valence-corrected chi connectivity index (χ2v) is 6.45. The van der Waals surface area contributed by atoms with E-state index in [-0.39, 0.29) is 18.1 Å². The van der Waals surface area contributed by atoms with Crippen LogP contribution in [0.2, 0.25) is 5.02 Å². The van der Waals surface area contributed by atoms with E-state index in [0.29, 0.717) is 24.6 Å². The third-order valence-corrected chi connectivity index (χ3v) is 4.81. The molecule has 2 aliphatic heterocycles. The van der Waals surface area contributed by atoms with Gasteiger partial charge in [-0.3, -0.25) is 4.79 Å². The second kappa shape index (κ2) is 5.94. The van der Waals surface area contributed by atoms with Gasteiger partial charge in [0, 0.05) is 18.1 Å². The van der Waals surface area contributed by atoms with Crippen molar-refractivity contribution in [3.05, 3.63) is 46.7 Å². The first-order valence-electron chi connectivity index (χ1n) is 7.73. The van der Waals surface area contributed by atoms with Gasteiger partial charge in [-0.15, -0.1) is 5.10 Å². The van der Waals surface area contributed by atoms with Crippen molar-refractivity contribution in [2.24, 2.45) is 0 Å². The van der Waals surface area contributed by atoms with Gasteiger partial charge in [-0.2, -0.15) is 0 Å². The van der Waals surface area contributed by atoms with Crippen LogP contribution in [0, 0.1) is 0 Å². The Morgan fingerprint density at radius 2 is 2.17 bits per heavy atom. The summed E-state index contributed by atoms with van der Waals surface area (Å²) < 4.78 is 7.85. The van der Waals surface area contributed by atoms with Crippen LogP contribution in [0.15, 0.2) is 30.5 Å². The van der Waals surface area contributed by atoms with E-state index in [1.54, 1.807) is 6.20 Å². The molecule has 0 unspecified atom stereocenters. The smallest absolute Gasteiger partial charge is 0.227 e. The van der Waals surface area contributed by atoms with E-state index in [0.717, 1.165) is 24.2 Å². The first kappa shape index (κ1) is 14.7. The zero-order valence-electron chi connectivity index (χ0n) is 12.6. The number of piperidine rings is 1. The van der Waals surface area contributed by atoms with Crippen molar-refractivity contribution in [1.82, 2.24) is 19.9 Å². The van der Waals surface area contributed by atoms with Crippen LogP contribution >= 0.6 is 11.6 Å². The summed E-state index contributed by atoms with van der Waals surface area (Å²) in [6.07, 6.45) is 2.97. The molecule has 1 aromatic carbocycles. The molecule has 0 aliphatic carbocycles. The highest BCUT2D eigenvalue weighted by molar-refractivity contribution is 6.30. The fourth-order valence-electron chi connectivity index (χ4n) is 3.30. The van der Waals surface area contributed by atoms with Crippen molar-refractivity contribution >= 4 is 17.5 Å². The van der Waals surface area contributed by atoms with Gasteiger partial charge in [0.1, 0.15) is 0 Å². The minimum Gasteiger partial charge on any atom is -0.368 e. The number of hydrogen-bond acceptors (Lipinski definition) is 4. The van der Waals surface area contributed by atoms with Crippen LogP contribution in [0.3, 0.4) is 0 Å². The highest BCUT2D eigenvalue weighted by Gasteiger charge is 2.37. The largest absolute Gasteiger partial charge is 0.368 e. The molecule has 1 aromatic heterocycles. The van der Waals surface area contributed by atoms with E-state index >= 15 is 0 Å². The zero-order chi connectivity index (χ0) is 15.8. The van der Waals surface area contributed by atoms with Crippen molar-refractivity contribution in [3.63, 3.8) is 0 Å². The number of amides is 1. The molecule has 1 amide bonds. The Kier molecular flexibility index (Phi) is 3.79. The number of carbonyl (C=O) groups excluding carboxylic acids is 1. The summed E-state index contributed by atoms with van der Waals surface area (Å²) >= 11 is 5.88. The van der Waals surface area contributed by atoms with Crippen molar-refractivity contribution < 1.29 is 9.53 Å². The summed E-state index contributed by atoms with van der Waals surface area (Å²) in [4.78, 5) is 14.4. The summed E-state index contributed by atoms with van der Waals surface area (Å²) in [7, 11) is 0. The number of nitrogens with zero attached hydrogens (tertiary/aromatic N) is 4. The van der Waals surface area contributed by atoms with E-state index < -0.39 is 0 Å². The molecule has 4 rings (SSSR count). The van der Waals surface area contributed by atoms with Gasteiger partial charge < -0.3 is 9.64 Å². The van der Waals surface area contributed by atoms with Crippen LogP contribution in [0.4, 0.5) is 0 Å². The Bertz CT molecular complexity index is 715. The number of aromatic nitrogens is 3. The lowest BCUT2D eigenvalue weighted by Crippen LogP contribution is -2.50. The Morgan fingerprint density at radius 3 is 3.00 bits per heavy atom. The molecule has 1 saturated heterocycles. The molecule has 6 nitrogen and oxygen atoms in total. The van der Waals surface area contributed by atoms with Gasteiger partial charge in [-0.25, -0.2) is 4.68 Å². The predicted molar refractivity (Wildman–Crippen MR) is 84.0 cm³/mol. The molecule has 3 heterocycles. The van der Waals surface area contributed by atoms with Gasteiger partial charge >= 0.3 is 0 Å². The quantitative estimate of drug-likeness (QED) is 0.842. The minimum atomic E-state index is -0.00730. The Morgan fingerprint density at radius 1 is 1.35 bits per heavy atom. The summed E-state index contributed by atoms with van der Waals surface area (Å²) in [6.45, 7) is 1.83. The highest BCUT2D eigenvalue weighted by Crippen LogP contribution is 2.30. The number of ether oxygens (including phenoxy) is 1. The third-order valence-electron chi connectivity index (χ3n) is 4.55. The predicted octanol–water partition coefficient (Wildman–Crippen LogP) is 1.85. The molecule has 1 fully saturated rings. The standard InChI is InChI=1S/C16H17ClN4O2/c17-12-3-1-11(2-4-12)7-16(22)20-6-5-14-15(9-20)23-10-13-8-18-19-21(13)14/h1-4,8,14-15H,5-7,9-10H2/t14-,15-/m0/s1. The number of benzene rings is 1. The summed E-state index contributed by atoms with van der Waals surface area (Å²) in [5.41, 5.74) is 1.98. The molecule has 2 aliphatic rings. The Balaban J connectivity index is 1.42. The van der Waals surface area contributed by atoms with Gasteiger partial charge in [0.05, 0.1) is 37.1 Å². The molecule has 2 aromatic rings. The van der Waals surface area contributed by atoms with Crippen molar-refractivity contribution in [2.75, 3.05) is 13.1 Å². The van der Waals surface area contributed by atoms with Crippen molar-refractivity contribution in [1.29, 1.82) is 0 Å². The van der Waals surface area contributed by atoms with Crippen LogP contribution in [0.25, 0.3) is 0 Å². The summed E-state index contributed by atoms with van der Waals surface area (Å²) in [5, 5.41) is 8.79. The van der Waals surface area contributed by atoms with Crippen molar-refractivity contribution in [2.45, 2.75) is 31.6 Å². The molecule has 2 atom stereocenters.